The van der Waals surface area contributed by atoms with Gasteiger partial charge in [0.15, 0.2) is 34.9 Å². The Morgan fingerprint density at radius 3 is 1.68 bits per heavy atom. The van der Waals surface area contributed by atoms with Crippen LogP contribution in [0.5, 0.6) is 0 Å². The summed E-state index contributed by atoms with van der Waals surface area (Å²) in [6, 6.07) is 1.66. The molecular formula is C17H13F6NO. The van der Waals surface area contributed by atoms with E-state index in [-0.39, 0.29) is 6.42 Å². The molecular weight excluding hydrogens is 348 g/mol. The summed E-state index contributed by atoms with van der Waals surface area (Å²) < 4.78 is 82.4. The first kappa shape index (κ1) is 17.8. The van der Waals surface area contributed by atoms with Crippen LogP contribution in [0.25, 0.3) is 0 Å². The van der Waals surface area contributed by atoms with E-state index in [2.05, 4.69) is 5.32 Å². The van der Waals surface area contributed by atoms with Gasteiger partial charge in [-0.15, -0.1) is 0 Å². The Morgan fingerprint density at radius 1 is 0.800 bits per heavy atom. The van der Waals surface area contributed by atoms with Crippen LogP contribution in [0.4, 0.5) is 26.3 Å². The van der Waals surface area contributed by atoms with Crippen molar-refractivity contribution in [3.63, 3.8) is 0 Å². The minimum Gasteiger partial charge on any atom is -0.379 e. The van der Waals surface area contributed by atoms with Crippen LogP contribution in [0.3, 0.4) is 0 Å². The largest absolute Gasteiger partial charge is 0.379 e. The molecule has 2 aromatic rings. The highest BCUT2D eigenvalue weighted by atomic mass is 19.2. The molecule has 1 unspecified atom stereocenters. The molecule has 0 radical (unpaired) electrons. The molecule has 0 bridgehead atoms. The van der Waals surface area contributed by atoms with Crippen LogP contribution < -0.4 is 5.32 Å². The molecule has 3 rings (SSSR count). The van der Waals surface area contributed by atoms with Crippen LogP contribution >= 0.6 is 0 Å². The molecule has 1 atom stereocenters. The second-order valence-corrected chi connectivity index (χ2v) is 5.86. The van der Waals surface area contributed by atoms with Crippen molar-refractivity contribution in [3.05, 3.63) is 70.3 Å². The predicted octanol–water partition coefficient (Wildman–Crippen LogP) is 3.51. The lowest BCUT2D eigenvalue weighted by molar-refractivity contribution is 0.0356. The summed E-state index contributed by atoms with van der Waals surface area (Å²) in [5, 5.41) is 13.9. The van der Waals surface area contributed by atoms with Crippen LogP contribution in [-0.4, -0.2) is 17.7 Å². The Balaban J connectivity index is 2.29. The molecule has 1 heterocycles. The topological polar surface area (TPSA) is 32.3 Å². The van der Waals surface area contributed by atoms with E-state index in [4.69, 9.17) is 0 Å². The third-order valence-corrected chi connectivity index (χ3v) is 4.46. The second-order valence-electron chi connectivity index (χ2n) is 5.86. The van der Waals surface area contributed by atoms with Gasteiger partial charge in [-0.2, -0.15) is 0 Å². The van der Waals surface area contributed by atoms with E-state index >= 15 is 0 Å². The average molecular weight is 361 g/mol. The Morgan fingerprint density at radius 2 is 1.28 bits per heavy atom. The highest BCUT2D eigenvalue weighted by Gasteiger charge is 2.46. The van der Waals surface area contributed by atoms with Gasteiger partial charge in [0.2, 0.25) is 0 Å². The summed E-state index contributed by atoms with van der Waals surface area (Å²) in [4.78, 5) is 0. The summed E-state index contributed by atoms with van der Waals surface area (Å²) in [5.41, 5.74) is -4.10. The zero-order valence-electron chi connectivity index (χ0n) is 12.7. The highest BCUT2D eigenvalue weighted by Crippen LogP contribution is 2.40. The first-order chi connectivity index (χ1) is 11.8. The summed E-state index contributed by atoms with van der Waals surface area (Å²) >= 11 is 0. The van der Waals surface area contributed by atoms with Crippen molar-refractivity contribution in [2.24, 2.45) is 0 Å². The van der Waals surface area contributed by atoms with E-state index in [0.29, 0.717) is 25.1 Å². The normalized spacial score (nSPS) is 18.0. The van der Waals surface area contributed by atoms with Gasteiger partial charge in [0.05, 0.1) is 0 Å². The van der Waals surface area contributed by atoms with E-state index in [1.807, 2.05) is 0 Å². The van der Waals surface area contributed by atoms with Crippen LogP contribution in [0.1, 0.15) is 24.0 Å². The summed E-state index contributed by atoms with van der Waals surface area (Å²) in [5.74, 6) is -10.1. The van der Waals surface area contributed by atoms with Crippen molar-refractivity contribution in [2.45, 2.75) is 24.5 Å². The molecule has 2 aromatic carbocycles. The van der Waals surface area contributed by atoms with E-state index < -0.39 is 57.7 Å². The van der Waals surface area contributed by atoms with Crippen molar-refractivity contribution in [1.82, 2.24) is 5.32 Å². The molecule has 0 aliphatic carbocycles. The molecule has 0 saturated carbocycles. The lowest BCUT2D eigenvalue weighted by Gasteiger charge is -2.35. The van der Waals surface area contributed by atoms with Gasteiger partial charge in [-0.25, -0.2) is 26.3 Å². The number of hydrogen-bond acceptors (Lipinski definition) is 2. The Bertz CT molecular complexity index is 762. The van der Waals surface area contributed by atoms with Crippen LogP contribution in [0, 0.1) is 34.9 Å². The number of halogens is 6. The van der Waals surface area contributed by atoms with Crippen molar-refractivity contribution >= 4 is 0 Å². The van der Waals surface area contributed by atoms with Gasteiger partial charge < -0.3 is 10.4 Å². The minimum absolute atomic E-state index is 0.230. The lowest BCUT2D eigenvalue weighted by Crippen LogP contribution is -2.47. The first-order valence-corrected chi connectivity index (χ1v) is 7.52. The van der Waals surface area contributed by atoms with Gasteiger partial charge in [0.1, 0.15) is 5.60 Å². The van der Waals surface area contributed by atoms with Gasteiger partial charge in [0.25, 0.3) is 0 Å². The molecule has 1 aliphatic rings. The Labute approximate surface area is 139 Å². The number of aliphatic hydroxyl groups is 1. The average Bonchev–Trinajstić information content (AvgIpc) is 3.12. The monoisotopic (exact) mass is 361 g/mol. The summed E-state index contributed by atoms with van der Waals surface area (Å²) in [6.07, 6.45) is 0.761. The van der Waals surface area contributed by atoms with Crippen LogP contribution in [-0.2, 0) is 5.60 Å². The van der Waals surface area contributed by atoms with Crippen molar-refractivity contribution in [3.8, 4) is 0 Å². The fourth-order valence-corrected chi connectivity index (χ4v) is 3.20. The van der Waals surface area contributed by atoms with Gasteiger partial charge >= 0.3 is 0 Å². The molecule has 0 aromatic heterocycles. The van der Waals surface area contributed by atoms with Crippen molar-refractivity contribution in [1.29, 1.82) is 0 Å². The quantitative estimate of drug-likeness (QED) is 0.648. The van der Waals surface area contributed by atoms with Gasteiger partial charge in [0, 0.05) is 17.2 Å². The smallest absolute Gasteiger partial charge is 0.194 e. The summed E-state index contributed by atoms with van der Waals surface area (Å²) in [7, 11) is 0. The predicted molar refractivity (Wildman–Crippen MR) is 76.7 cm³/mol. The number of hydrogen-bond donors (Lipinski definition) is 2. The fourth-order valence-electron chi connectivity index (χ4n) is 3.20. The molecule has 1 fully saturated rings. The van der Waals surface area contributed by atoms with Gasteiger partial charge in [-0.05, 0) is 43.7 Å². The number of nitrogens with one attached hydrogen (secondary N) is 1. The van der Waals surface area contributed by atoms with Crippen LogP contribution in [0.2, 0.25) is 0 Å². The lowest BCUT2D eigenvalue weighted by atomic mass is 9.78. The molecule has 134 valence electrons. The zero-order chi connectivity index (χ0) is 18.4. The van der Waals surface area contributed by atoms with Crippen molar-refractivity contribution < 1.29 is 31.4 Å². The van der Waals surface area contributed by atoms with E-state index in [9.17, 15) is 31.4 Å². The molecule has 0 spiro atoms. The van der Waals surface area contributed by atoms with Gasteiger partial charge in [-0.3, -0.25) is 0 Å². The van der Waals surface area contributed by atoms with E-state index in [1.165, 1.54) is 0 Å². The third-order valence-electron chi connectivity index (χ3n) is 4.46. The second kappa shape index (κ2) is 6.34. The third kappa shape index (κ3) is 2.69. The molecule has 1 saturated heterocycles. The Hall–Kier alpha value is -2.06. The molecule has 2 nitrogen and oxygen atoms in total. The standard InChI is InChI=1S/C17H13F6NO/c18-10-5-3-8(13(20)15(10)22)17(25,12-2-1-7-24-12)9-4-6-11(19)16(23)14(9)21/h3-6,12,24-25H,1-2,7H2. The first-order valence-electron chi connectivity index (χ1n) is 7.52. The molecule has 25 heavy (non-hydrogen) atoms. The van der Waals surface area contributed by atoms with Gasteiger partial charge in [-0.1, -0.05) is 0 Å². The van der Waals surface area contributed by atoms with Crippen molar-refractivity contribution in [2.75, 3.05) is 6.54 Å². The molecule has 8 heteroatoms. The number of rotatable bonds is 3. The maximum Gasteiger partial charge on any atom is 0.194 e. The minimum atomic E-state index is -2.56. The van der Waals surface area contributed by atoms with E-state index in [0.717, 1.165) is 12.1 Å². The van der Waals surface area contributed by atoms with E-state index in [1.54, 1.807) is 0 Å². The molecule has 2 N–H and O–H groups in total. The number of benzene rings is 2. The fraction of sp³-hybridized carbons (Fsp3) is 0.294. The molecule has 0 amide bonds. The zero-order valence-corrected chi connectivity index (χ0v) is 12.7. The maximum atomic E-state index is 14.3. The maximum absolute atomic E-state index is 14.3. The Kier molecular flexibility index (Phi) is 4.51. The highest BCUT2D eigenvalue weighted by molar-refractivity contribution is 5.41. The summed E-state index contributed by atoms with van der Waals surface area (Å²) in [6.45, 7) is 0.392. The molecule has 1 aliphatic heterocycles. The SMILES string of the molecule is OC(c1ccc(F)c(F)c1F)(c1ccc(F)c(F)c1F)C1CCCN1. The van der Waals surface area contributed by atoms with Crippen LogP contribution in [0.15, 0.2) is 24.3 Å².